The Labute approximate surface area is 134 Å². The second-order valence-corrected chi connectivity index (χ2v) is 13.0. The van der Waals surface area contributed by atoms with Gasteiger partial charge in [0.1, 0.15) is 0 Å². The summed E-state index contributed by atoms with van der Waals surface area (Å²) in [7, 11) is -1.39. The van der Waals surface area contributed by atoms with Crippen LogP contribution < -0.4 is 0 Å². The van der Waals surface area contributed by atoms with Crippen molar-refractivity contribution in [1.29, 1.82) is 0 Å². The van der Waals surface area contributed by atoms with Crippen LogP contribution in [0.25, 0.3) is 0 Å². The van der Waals surface area contributed by atoms with Gasteiger partial charge in [0.05, 0.1) is 22.6 Å². The molecule has 0 atom stereocenters. The molecule has 21 heavy (non-hydrogen) atoms. The summed E-state index contributed by atoms with van der Waals surface area (Å²) >= 11 is 0. The van der Waals surface area contributed by atoms with Crippen LogP contribution in [0, 0.1) is 0 Å². The van der Waals surface area contributed by atoms with Crippen LogP contribution >= 0.6 is 7.49 Å². The van der Waals surface area contributed by atoms with Gasteiger partial charge in [0.25, 0.3) is 0 Å². The third kappa shape index (κ3) is 3.84. The third-order valence-corrected chi connectivity index (χ3v) is 11.7. The quantitative estimate of drug-likeness (QED) is 0.518. The van der Waals surface area contributed by atoms with E-state index >= 15 is 0 Å². The molecule has 0 N–H and O–H groups in total. The van der Waals surface area contributed by atoms with Gasteiger partial charge >= 0.3 is 0 Å². The van der Waals surface area contributed by atoms with Crippen molar-refractivity contribution in [2.45, 2.75) is 121 Å². The van der Waals surface area contributed by atoms with Crippen LogP contribution in [0.4, 0.5) is 0 Å². The molecular formula is C19H38OP+. The van der Waals surface area contributed by atoms with E-state index in [-0.39, 0.29) is 0 Å². The van der Waals surface area contributed by atoms with Gasteiger partial charge in [0.15, 0.2) is 7.49 Å². The van der Waals surface area contributed by atoms with Crippen molar-refractivity contribution in [3.8, 4) is 0 Å². The predicted octanol–water partition coefficient (Wildman–Crippen LogP) is 6.81. The molecule has 0 unspecified atom stereocenters. The normalized spacial score (nSPS) is 23.7. The molecule has 1 nitrogen and oxygen atoms in total. The first kappa shape index (κ1) is 17.7. The van der Waals surface area contributed by atoms with Gasteiger partial charge in [-0.1, -0.05) is 12.8 Å². The van der Waals surface area contributed by atoms with E-state index in [1.165, 1.54) is 64.2 Å². The average molecular weight is 313 g/mol. The first-order chi connectivity index (χ1) is 9.88. The Balaban J connectivity index is 2.36. The summed E-state index contributed by atoms with van der Waals surface area (Å²) in [6, 6.07) is 0. The lowest BCUT2D eigenvalue weighted by Crippen LogP contribution is -2.40. The van der Waals surface area contributed by atoms with Crippen LogP contribution in [-0.2, 0) is 4.52 Å². The van der Waals surface area contributed by atoms with Gasteiger partial charge in [-0.15, -0.1) is 0 Å². The topological polar surface area (TPSA) is 9.23 Å². The summed E-state index contributed by atoms with van der Waals surface area (Å²) in [6.45, 7) is 12.0. The van der Waals surface area contributed by atoms with E-state index < -0.39 is 7.49 Å². The lowest BCUT2D eigenvalue weighted by Gasteiger charge is -2.49. The van der Waals surface area contributed by atoms with E-state index in [0.717, 1.165) is 11.3 Å². The lowest BCUT2D eigenvalue weighted by molar-refractivity contribution is 0.231. The Morgan fingerprint density at radius 1 is 0.762 bits per heavy atom. The Hall–Kier alpha value is 0.390. The van der Waals surface area contributed by atoms with Crippen molar-refractivity contribution in [3.05, 3.63) is 0 Å². The molecule has 2 fully saturated rings. The summed E-state index contributed by atoms with van der Waals surface area (Å²) in [5, 5.41) is 0.348. The first-order valence-electron chi connectivity index (χ1n) is 9.45. The second kappa shape index (κ2) is 7.31. The zero-order valence-electron chi connectivity index (χ0n) is 15.2. The standard InChI is InChI=1S/C19H38OP/c1-16(2)20-21(19(3,4)5,17-12-8-6-9-13-17)18-14-10-7-11-15-18/h16-18H,6-15H2,1-5H3/q+1. The molecule has 0 aliphatic heterocycles. The first-order valence-corrected chi connectivity index (χ1v) is 11.3. The largest absolute Gasteiger partial charge is 0.234 e. The van der Waals surface area contributed by atoms with Crippen molar-refractivity contribution in [2.24, 2.45) is 0 Å². The second-order valence-electron chi connectivity index (χ2n) is 8.62. The molecule has 0 amide bonds. The van der Waals surface area contributed by atoms with E-state index in [2.05, 4.69) is 34.6 Å². The van der Waals surface area contributed by atoms with Gasteiger partial charge in [-0.05, 0) is 86.0 Å². The number of hydrogen-bond donors (Lipinski definition) is 0. The van der Waals surface area contributed by atoms with Crippen molar-refractivity contribution < 1.29 is 4.52 Å². The molecule has 0 heterocycles. The molecule has 0 aromatic heterocycles. The zero-order valence-corrected chi connectivity index (χ0v) is 16.1. The summed E-state index contributed by atoms with van der Waals surface area (Å²) in [4.78, 5) is 0. The van der Waals surface area contributed by atoms with Crippen LogP contribution in [0.2, 0.25) is 0 Å². The van der Waals surface area contributed by atoms with Gasteiger partial charge in [-0.3, -0.25) is 0 Å². The maximum atomic E-state index is 6.99. The molecule has 0 spiro atoms. The minimum atomic E-state index is -1.39. The van der Waals surface area contributed by atoms with E-state index in [1.54, 1.807) is 0 Å². The van der Waals surface area contributed by atoms with Crippen LogP contribution in [0.5, 0.6) is 0 Å². The van der Waals surface area contributed by atoms with Gasteiger partial charge in [0.2, 0.25) is 0 Å². The summed E-state index contributed by atoms with van der Waals surface area (Å²) < 4.78 is 6.99. The summed E-state index contributed by atoms with van der Waals surface area (Å²) in [6.07, 6.45) is 14.8. The van der Waals surface area contributed by atoms with Crippen molar-refractivity contribution >= 4 is 7.49 Å². The van der Waals surface area contributed by atoms with Gasteiger partial charge in [-0.25, -0.2) is 4.52 Å². The number of rotatable bonds is 4. The maximum Gasteiger partial charge on any atom is 0.157 e. The van der Waals surface area contributed by atoms with Gasteiger partial charge < -0.3 is 0 Å². The molecule has 0 aromatic rings. The Bertz CT molecular complexity index is 288. The van der Waals surface area contributed by atoms with E-state index in [0.29, 0.717) is 11.3 Å². The maximum absolute atomic E-state index is 6.99. The fraction of sp³-hybridized carbons (Fsp3) is 1.00. The highest BCUT2D eigenvalue weighted by Crippen LogP contribution is 2.80. The molecule has 124 valence electrons. The molecule has 0 saturated heterocycles. The van der Waals surface area contributed by atoms with E-state index in [9.17, 15) is 0 Å². The summed E-state index contributed by atoms with van der Waals surface area (Å²) in [5.41, 5.74) is 1.77. The molecular weight excluding hydrogens is 275 g/mol. The molecule has 2 heteroatoms. The monoisotopic (exact) mass is 313 g/mol. The third-order valence-electron chi connectivity index (χ3n) is 5.67. The van der Waals surface area contributed by atoms with E-state index in [1.807, 2.05) is 0 Å². The Morgan fingerprint density at radius 3 is 1.43 bits per heavy atom. The minimum Gasteiger partial charge on any atom is -0.234 e. The van der Waals surface area contributed by atoms with Crippen LogP contribution in [0.3, 0.4) is 0 Å². The van der Waals surface area contributed by atoms with Crippen LogP contribution in [0.15, 0.2) is 0 Å². The molecule has 2 aliphatic rings. The fourth-order valence-electron chi connectivity index (χ4n) is 5.00. The average Bonchev–Trinajstić information content (AvgIpc) is 2.45. The minimum absolute atomic E-state index is 0.348. The zero-order chi connectivity index (χ0) is 15.5. The molecule has 0 radical (unpaired) electrons. The molecule has 0 bridgehead atoms. The summed E-state index contributed by atoms with van der Waals surface area (Å²) in [5.74, 6) is 0. The number of hydrogen-bond acceptors (Lipinski definition) is 1. The van der Waals surface area contributed by atoms with Crippen LogP contribution in [-0.4, -0.2) is 22.6 Å². The predicted molar refractivity (Wildman–Crippen MR) is 96.6 cm³/mol. The Morgan fingerprint density at radius 2 is 1.14 bits per heavy atom. The smallest absolute Gasteiger partial charge is 0.157 e. The molecule has 0 aromatic carbocycles. The molecule has 2 saturated carbocycles. The highest BCUT2D eigenvalue weighted by Gasteiger charge is 2.62. The van der Waals surface area contributed by atoms with Gasteiger partial charge in [-0.2, -0.15) is 0 Å². The fourth-order valence-corrected chi connectivity index (χ4v) is 11.4. The molecule has 2 rings (SSSR count). The van der Waals surface area contributed by atoms with Crippen molar-refractivity contribution in [2.75, 3.05) is 0 Å². The lowest BCUT2D eigenvalue weighted by atomic mass is 9.99. The van der Waals surface area contributed by atoms with E-state index in [4.69, 9.17) is 4.52 Å². The Kier molecular flexibility index (Phi) is 6.17. The SMILES string of the molecule is CC(C)O[P+](C1CCCCC1)(C1CCCCC1)C(C)(C)C. The van der Waals surface area contributed by atoms with Crippen LogP contribution in [0.1, 0.15) is 98.8 Å². The van der Waals surface area contributed by atoms with Crippen molar-refractivity contribution in [3.63, 3.8) is 0 Å². The highest BCUT2D eigenvalue weighted by molar-refractivity contribution is 7.74. The van der Waals surface area contributed by atoms with Gasteiger partial charge in [0, 0.05) is 0 Å². The highest BCUT2D eigenvalue weighted by atomic mass is 31.2. The van der Waals surface area contributed by atoms with Crippen molar-refractivity contribution in [1.82, 2.24) is 0 Å². The molecule has 2 aliphatic carbocycles.